The summed E-state index contributed by atoms with van der Waals surface area (Å²) in [7, 11) is 0. The zero-order valence-electron chi connectivity index (χ0n) is 12.2. The van der Waals surface area contributed by atoms with E-state index < -0.39 is 13.0 Å². The van der Waals surface area contributed by atoms with E-state index in [0.29, 0.717) is 27.7 Å². The molecule has 0 saturated heterocycles. The van der Waals surface area contributed by atoms with Crippen LogP contribution in [0.3, 0.4) is 0 Å². The molecule has 0 aromatic heterocycles. The number of ether oxygens (including phenoxy) is 1. The Hall–Kier alpha value is -1.15. The third-order valence-corrected chi connectivity index (χ3v) is 3.30. The van der Waals surface area contributed by atoms with Gasteiger partial charge in [0, 0.05) is 32.7 Å². The third-order valence-electron chi connectivity index (χ3n) is 2.98. The van der Waals surface area contributed by atoms with Crippen molar-refractivity contribution in [3.8, 4) is 18.1 Å². The minimum atomic E-state index is -2.52. The first-order chi connectivity index (χ1) is 10.5. The van der Waals surface area contributed by atoms with Crippen molar-refractivity contribution in [2.24, 2.45) is 0 Å². The molecule has 0 unspecified atom stereocenters. The van der Waals surface area contributed by atoms with Crippen molar-refractivity contribution in [1.29, 1.82) is 0 Å². The molecular weight excluding hydrogens is 397 g/mol. The first-order valence-electron chi connectivity index (χ1n) is 6.43. The van der Waals surface area contributed by atoms with Gasteiger partial charge >= 0.3 is 0 Å². The molecule has 0 N–H and O–H groups in total. The number of allylic oxidation sites excluding steroid dienone is 3. The van der Waals surface area contributed by atoms with Crippen LogP contribution in [-0.4, -0.2) is 24.5 Å². The first-order valence-corrected chi connectivity index (χ1v) is 6.81. The van der Waals surface area contributed by atoms with Crippen LogP contribution in [0.25, 0.3) is 5.70 Å². The maximum atomic E-state index is 12.8. The number of hydrogen-bond donors (Lipinski definition) is 0. The molecule has 2 rings (SSSR count). The molecule has 0 saturated carbocycles. The predicted molar refractivity (Wildman–Crippen MR) is 83.2 cm³/mol. The van der Waals surface area contributed by atoms with Crippen LogP contribution in [0, 0.1) is 18.4 Å². The fraction of sp³-hybridized carbons (Fsp3) is 0.176. The summed E-state index contributed by atoms with van der Waals surface area (Å²) in [5, 5.41) is 0.290. The summed E-state index contributed by atoms with van der Waals surface area (Å²) >= 11 is 5.94. The molecule has 0 atom stereocenters. The van der Waals surface area contributed by atoms with Gasteiger partial charge in [0.25, 0.3) is 6.43 Å². The van der Waals surface area contributed by atoms with Crippen molar-refractivity contribution in [2.75, 3.05) is 13.2 Å². The monoisotopic (exact) mass is 409 g/mol. The maximum absolute atomic E-state index is 12.8. The Labute approximate surface area is 164 Å². The summed E-state index contributed by atoms with van der Waals surface area (Å²) < 4.78 is 30.9. The van der Waals surface area contributed by atoms with Gasteiger partial charge in [-0.3, -0.25) is 0 Å². The standard InChI is InChI=1S/C17H13ClF2NO.Y/c1-3-10-22-14-6-4-13(5-7-14)16-9-8-15(18)12(2)21(16)11-17(19)20;/h1,4-8,17H,2,10-11H2;/q-1;. The van der Waals surface area contributed by atoms with Crippen molar-refractivity contribution in [1.82, 2.24) is 4.90 Å². The van der Waals surface area contributed by atoms with E-state index in [4.69, 9.17) is 22.8 Å². The predicted octanol–water partition coefficient (Wildman–Crippen LogP) is 4.06. The van der Waals surface area contributed by atoms with Crippen LogP contribution >= 0.6 is 11.6 Å². The van der Waals surface area contributed by atoms with Crippen molar-refractivity contribution >= 4 is 17.3 Å². The summed E-state index contributed by atoms with van der Waals surface area (Å²) in [6.07, 6.45) is 7.03. The molecule has 1 heterocycles. The molecular formula is C17H13ClF2NOY-. The van der Waals surface area contributed by atoms with Crippen LogP contribution in [0.5, 0.6) is 5.75 Å². The molecule has 0 aliphatic carbocycles. The summed E-state index contributed by atoms with van der Waals surface area (Å²) in [4.78, 5) is 1.35. The van der Waals surface area contributed by atoms with Crippen LogP contribution in [0.1, 0.15) is 5.56 Å². The summed E-state index contributed by atoms with van der Waals surface area (Å²) in [6, 6.07) is 6.91. The van der Waals surface area contributed by atoms with E-state index in [1.165, 1.54) is 11.0 Å². The normalized spacial score (nSPS) is 13.9. The van der Waals surface area contributed by atoms with Gasteiger partial charge in [-0.1, -0.05) is 23.8 Å². The van der Waals surface area contributed by atoms with Gasteiger partial charge < -0.3 is 9.64 Å². The average Bonchev–Trinajstić information content (AvgIpc) is 2.50. The quantitative estimate of drug-likeness (QED) is 0.537. The number of halogens is 3. The molecule has 23 heavy (non-hydrogen) atoms. The second kappa shape index (κ2) is 9.22. The van der Waals surface area contributed by atoms with Crippen molar-refractivity contribution in [2.45, 2.75) is 6.43 Å². The zero-order chi connectivity index (χ0) is 16.1. The van der Waals surface area contributed by atoms with Gasteiger partial charge in [-0.05, 0) is 22.9 Å². The Morgan fingerprint density at radius 3 is 2.57 bits per heavy atom. The number of alkyl halides is 2. The molecule has 0 amide bonds. The SMILES string of the molecule is C#CCOc1ccc(C2=[C-]C=C(Cl)C(=C)N2CC(F)F)cc1.[Y]. The third kappa shape index (κ3) is 5.17. The van der Waals surface area contributed by atoms with Crippen LogP contribution in [0.2, 0.25) is 0 Å². The van der Waals surface area contributed by atoms with Gasteiger partial charge in [0.1, 0.15) is 12.4 Å². The van der Waals surface area contributed by atoms with Gasteiger partial charge in [0.2, 0.25) is 0 Å². The fourth-order valence-electron chi connectivity index (χ4n) is 1.97. The first kappa shape index (κ1) is 19.9. The van der Waals surface area contributed by atoms with E-state index in [1.807, 2.05) is 0 Å². The summed E-state index contributed by atoms with van der Waals surface area (Å²) in [5.74, 6) is 2.97. The van der Waals surface area contributed by atoms with Crippen molar-refractivity contribution in [3.05, 3.63) is 59.3 Å². The van der Waals surface area contributed by atoms with Gasteiger partial charge in [0.15, 0.2) is 0 Å². The Balaban J connectivity index is 0.00000264. The number of rotatable bonds is 5. The van der Waals surface area contributed by atoms with E-state index in [2.05, 4.69) is 18.6 Å². The molecule has 6 heteroatoms. The molecule has 0 spiro atoms. The van der Waals surface area contributed by atoms with Crippen LogP contribution in [-0.2, 0) is 32.7 Å². The van der Waals surface area contributed by atoms with E-state index in [9.17, 15) is 8.78 Å². The molecule has 0 fully saturated rings. The van der Waals surface area contributed by atoms with E-state index in [1.54, 1.807) is 24.3 Å². The Morgan fingerprint density at radius 2 is 2.00 bits per heavy atom. The van der Waals surface area contributed by atoms with Gasteiger partial charge in [0.05, 0.1) is 6.54 Å². The molecule has 0 bridgehead atoms. The second-order valence-corrected chi connectivity index (χ2v) is 4.86. The average molecular weight is 410 g/mol. The fourth-order valence-corrected chi connectivity index (χ4v) is 2.13. The van der Waals surface area contributed by atoms with Crippen LogP contribution in [0.4, 0.5) is 8.78 Å². The molecule has 117 valence electrons. The van der Waals surface area contributed by atoms with Crippen molar-refractivity contribution in [3.63, 3.8) is 0 Å². The van der Waals surface area contributed by atoms with E-state index in [-0.39, 0.29) is 39.3 Å². The Kier molecular flexibility index (Phi) is 7.98. The topological polar surface area (TPSA) is 12.5 Å². The molecule has 1 aliphatic rings. The summed E-state index contributed by atoms with van der Waals surface area (Å²) in [6.45, 7) is 3.42. The molecule has 1 aromatic rings. The van der Waals surface area contributed by atoms with Gasteiger partial charge in [-0.15, -0.1) is 18.6 Å². The van der Waals surface area contributed by atoms with Crippen molar-refractivity contribution < 1.29 is 46.2 Å². The Morgan fingerprint density at radius 1 is 1.35 bits per heavy atom. The second-order valence-electron chi connectivity index (χ2n) is 4.45. The minimum Gasteiger partial charge on any atom is -0.481 e. The number of hydrogen-bond acceptors (Lipinski definition) is 2. The molecule has 2 nitrogen and oxygen atoms in total. The molecule has 1 aliphatic heterocycles. The van der Waals surface area contributed by atoms with Crippen LogP contribution < -0.4 is 4.74 Å². The zero-order valence-corrected chi connectivity index (χ0v) is 15.8. The smallest absolute Gasteiger partial charge is 0.256 e. The minimum absolute atomic E-state index is 0. The Bertz CT molecular complexity index is 662. The van der Waals surface area contributed by atoms with Crippen LogP contribution in [0.15, 0.2) is 47.6 Å². The largest absolute Gasteiger partial charge is 0.481 e. The number of terminal acetylenes is 1. The molecule has 1 aromatic carbocycles. The van der Waals surface area contributed by atoms with E-state index >= 15 is 0 Å². The number of nitrogens with zero attached hydrogens (tertiary/aromatic N) is 1. The maximum Gasteiger partial charge on any atom is 0.256 e. The van der Waals surface area contributed by atoms with Gasteiger partial charge in [-0.25, -0.2) is 8.78 Å². The van der Waals surface area contributed by atoms with E-state index in [0.717, 1.165) is 0 Å². The summed E-state index contributed by atoms with van der Waals surface area (Å²) in [5.41, 5.74) is 1.51. The number of benzene rings is 1. The van der Waals surface area contributed by atoms with Gasteiger partial charge in [-0.2, -0.15) is 23.8 Å². The molecule has 1 radical (unpaired) electrons.